The molecule has 3 rings (SSSR count). The molecular formula is C25H29F4N3O3. The molecule has 0 saturated heterocycles. The molecule has 2 N–H and O–H groups in total. The third-order valence-corrected chi connectivity index (χ3v) is 5.51. The predicted octanol–water partition coefficient (Wildman–Crippen LogP) is 5.67. The van der Waals surface area contributed by atoms with Crippen molar-refractivity contribution < 1.29 is 32.1 Å². The summed E-state index contributed by atoms with van der Waals surface area (Å²) in [4.78, 5) is 8.60. The van der Waals surface area contributed by atoms with Crippen molar-refractivity contribution in [2.45, 2.75) is 52.2 Å². The number of benzene rings is 2. The quantitative estimate of drug-likeness (QED) is 0.279. The summed E-state index contributed by atoms with van der Waals surface area (Å²) in [7, 11) is 0. The first kappa shape index (κ1) is 26.6. The molecule has 0 aliphatic rings. The summed E-state index contributed by atoms with van der Waals surface area (Å²) in [6, 6.07) is 5.45. The van der Waals surface area contributed by atoms with E-state index in [0.717, 1.165) is 19.9 Å². The monoisotopic (exact) mass is 495 g/mol. The van der Waals surface area contributed by atoms with Gasteiger partial charge in [-0.15, -0.1) is 0 Å². The molecule has 1 aromatic heterocycles. The third kappa shape index (κ3) is 5.65. The van der Waals surface area contributed by atoms with Crippen LogP contribution in [0.2, 0.25) is 0 Å². The van der Waals surface area contributed by atoms with Crippen molar-refractivity contribution >= 4 is 16.7 Å². The number of nitrogens with one attached hydrogen (secondary N) is 1. The number of anilines is 1. The van der Waals surface area contributed by atoms with Gasteiger partial charge in [0.05, 0.1) is 23.7 Å². The molecule has 6 nitrogen and oxygen atoms in total. The zero-order valence-electron chi connectivity index (χ0n) is 20.3. The van der Waals surface area contributed by atoms with E-state index in [-0.39, 0.29) is 30.3 Å². The number of hydrogen-bond donors (Lipinski definition) is 2. The van der Waals surface area contributed by atoms with E-state index < -0.39 is 34.8 Å². The highest BCUT2D eigenvalue weighted by molar-refractivity contribution is 5.90. The third-order valence-electron chi connectivity index (χ3n) is 5.51. The highest BCUT2D eigenvalue weighted by atomic mass is 19.3. The van der Waals surface area contributed by atoms with Crippen LogP contribution in [0, 0.1) is 18.6 Å². The van der Waals surface area contributed by atoms with Gasteiger partial charge < -0.3 is 19.9 Å². The van der Waals surface area contributed by atoms with Crippen molar-refractivity contribution in [1.82, 2.24) is 9.97 Å². The molecule has 0 amide bonds. The van der Waals surface area contributed by atoms with E-state index in [2.05, 4.69) is 15.3 Å². The first-order valence-corrected chi connectivity index (χ1v) is 11.2. The van der Waals surface area contributed by atoms with Crippen LogP contribution in [0.25, 0.3) is 10.9 Å². The van der Waals surface area contributed by atoms with E-state index in [4.69, 9.17) is 9.47 Å². The van der Waals surface area contributed by atoms with E-state index in [1.807, 2.05) is 6.92 Å². The highest BCUT2D eigenvalue weighted by Crippen LogP contribution is 2.41. The minimum Gasteiger partial charge on any atom is -0.488 e. The average molecular weight is 496 g/mol. The number of aliphatic hydroxyl groups is 1. The Bertz CT molecular complexity index is 1200. The van der Waals surface area contributed by atoms with Gasteiger partial charge in [0.15, 0.2) is 11.6 Å². The molecule has 0 spiro atoms. The van der Waals surface area contributed by atoms with Crippen LogP contribution in [0.5, 0.6) is 5.75 Å². The Morgan fingerprint density at radius 1 is 1.11 bits per heavy atom. The van der Waals surface area contributed by atoms with Gasteiger partial charge >= 0.3 is 5.92 Å². The molecule has 0 aliphatic heterocycles. The van der Waals surface area contributed by atoms with Gasteiger partial charge in [0.2, 0.25) is 0 Å². The lowest BCUT2D eigenvalue weighted by atomic mass is 9.91. The van der Waals surface area contributed by atoms with Gasteiger partial charge in [-0.2, -0.15) is 8.78 Å². The fraction of sp³-hybridized carbons (Fsp3) is 0.440. The number of aromatic nitrogens is 2. The van der Waals surface area contributed by atoms with Crippen LogP contribution < -0.4 is 10.1 Å². The number of rotatable bonds is 10. The molecule has 3 aromatic rings. The van der Waals surface area contributed by atoms with Crippen LogP contribution in [-0.4, -0.2) is 40.5 Å². The second-order valence-corrected chi connectivity index (χ2v) is 8.67. The van der Waals surface area contributed by atoms with Crippen molar-refractivity contribution in [3.8, 4) is 5.75 Å². The summed E-state index contributed by atoms with van der Waals surface area (Å²) >= 11 is 0. The minimum absolute atomic E-state index is 0.0293. The molecule has 2 aromatic carbocycles. The largest absolute Gasteiger partial charge is 0.488 e. The van der Waals surface area contributed by atoms with E-state index in [1.165, 1.54) is 24.3 Å². The Morgan fingerprint density at radius 3 is 2.49 bits per heavy atom. The van der Waals surface area contributed by atoms with Gasteiger partial charge in [-0.25, -0.2) is 18.7 Å². The fourth-order valence-electron chi connectivity index (χ4n) is 3.56. The van der Waals surface area contributed by atoms with Crippen molar-refractivity contribution in [3.05, 3.63) is 58.9 Å². The topological polar surface area (TPSA) is 76.5 Å². The molecule has 0 radical (unpaired) electrons. The molecule has 1 heterocycles. The lowest BCUT2D eigenvalue weighted by Crippen LogP contribution is -2.41. The Hall–Kier alpha value is -2.98. The Balaban J connectivity index is 1.98. The molecule has 0 fully saturated rings. The molecule has 10 heteroatoms. The van der Waals surface area contributed by atoms with Crippen molar-refractivity contribution in [2.75, 3.05) is 25.1 Å². The molecule has 1 atom stereocenters. The lowest BCUT2D eigenvalue weighted by Gasteiger charge is -2.30. The zero-order valence-corrected chi connectivity index (χ0v) is 20.3. The van der Waals surface area contributed by atoms with Crippen LogP contribution in [0.3, 0.4) is 0 Å². The molecule has 35 heavy (non-hydrogen) atoms. The predicted molar refractivity (Wildman–Crippen MR) is 125 cm³/mol. The second-order valence-electron chi connectivity index (χ2n) is 8.67. The van der Waals surface area contributed by atoms with Gasteiger partial charge in [-0.05, 0) is 46.8 Å². The molecule has 190 valence electrons. The second kappa shape index (κ2) is 10.3. The normalized spacial score (nSPS) is 13.2. The number of nitrogens with zero attached hydrogens (tertiary/aromatic N) is 2. The molecular weight excluding hydrogens is 466 g/mol. The van der Waals surface area contributed by atoms with Crippen LogP contribution in [-0.2, 0) is 10.7 Å². The standard InChI is InChI=1S/C25H29F4N3O3/c1-6-34-10-11-35-21-12-17-20(13-19(21)26)31-15(3)32-23(17)30-14(2)16-8-7-9-18(22(16)27)25(28,29)24(4,5)33/h7-9,12-14,33H,6,10-11H2,1-5H3,(H,30,31,32)/t14-/m1/s1. The molecule has 0 aliphatic carbocycles. The molecule has 0 bridgehead atoms. The Labute approximate surface area is 201 Å². The van der Waals surface area contributed by atoms with Gasteiger partial charge in [0, 0.05) is 23.6 Å². The summed E-state index contributed by atoms with van der Waals surface area (Å²) in [6.45, 7) is 7.79. The number of alkyl halides is 2. The summed E-state index contributed by atoms with van der Waals surface area (Å²) in [5.41, 5.74) is -3.13. The summed E-state index contributed by atoms with van der Waals surface area (Å²) in [5, 5.41) is 13.3. The number of hydrogen-bond acceptors (Lipinski definition) is 6. The van der Waals surface area contributed by atoms with Gasteiger partial charge in [0.25, 0.3) is 0 Å². The maximum atomic E-state index is 15.2. The molecule has 0 saturated carbocycles. The van der Waals surface area contributed by atoms with E-state index in [1.54, 1.807) is 13.8 Å². The average Bonchev–Trinajstić information content (AvgIpc) is 2.76. The van der Waals surface area contributed by atoms with Crippen LogP contribution in [0.1, 0.15) is 50.7 Å². The van der Waals surface area contributed by atoms with E-state index in [9.17, 15) is 18.3 Å². The van der Waals surface area contributed by atoms with Gasteiger partial charge in [-0.1, -0.05) is 12.1 Å². The first-order valence-electron chi connectivity index (χ1n) is 11.2. The number of aryl methyl sites for hydroxylation is 1. The molecule has 0 unspecified atom stereocenters. The lowest BCUT2D eigenvalue weighted by molar-refractivity contribution is -0.170. The number of fused-ring (bicyclic) bond motifs is 1. The number of ether oxygens (including phenoxy) is 2. The number of halogens is 4. The van der Waals surface area contributed by atoms with Crippen molar-refractivity contribution in [1.29, 1.82) is 0 Å². The summed E-state index contributed by atoms with van der Waals surface area (Å²) in [6.07, 6.45) is 0. The van der Waals surface area contributed by atoms with Crippen LogP contribution in [0.4, 0.5) is 23.4 Å². The minimum atomic E-state index is -3.82. The Kier molecular flexibility index (Phi) is 7.86. The highest BCUT2D eigenvalue weighted by Gasteiger charge is 2.49. The van der Waals surface area contributed by atoms with Gasteiger partial charge in [-0.3, -0.25) is 0 Å². The van der Waals surface area contributed by atoms with Crippen molar-refractivity contribution in [3.63, 3.8) is 0 Å². The SMILES string of the molecule is CCOCCOc1cc2c(N[C@H](C)c3cccc(C(F)(F)C(C)(C)O)c3F)nc(C)nc2cc1F. The van der Waals surface area contributed by atoms with Crippen LogP contribution in [0.15, 0.2) is 30.3 Å². The summed E-state index contributed by atoms with van der Waals surface area (Å²) < 4.78 is 69.8. The van der Waals surface area contributed by atoms with Crippen molar-refractivity contribution in [2.24, 2.45) is 0 Å². The zero-order chi connectivity index (χ0) is 26.0. The summed E-state index contributed by atoms with van der Waals surface area (Å²) in [5.74, 6) is -5.01. The maximum absolute atomic E-state index is 15.2. The fourth-order valence-corrected chi connectivity index (χ4v) is 3.56. The van der Waals surface area contributed by atoms with Crippen LogP contribution >= 0.6 is 0 Å². The van der Waals surface area contributed by atoms with E-state index >= 15 is 4.39 Å². The van der Waals surface area contributed by atoms with E-state index in [0.29, 0.717) is 23.3 Å². The first-order chi connectivity index (χ1) is 16.4. The Morgan fingerprint density at radius 2 is 1.83 bits per heavy atom. The smallest absolute Gasteiger partial charge is 0.303 e. The van der Waals surface area contributed by atoms with Gasteiger partial charge in [0.1, 0.15) is 29.7 Å². The maximum Gasteiger partial charge on any atom is 0.303 e.